The lowest BCUT2D eigenvalue weighted by atomic mass is 10.0. The minimum atomic E-state index is 1.22. The lowest BCUT2D eigenvalue weighted by Crippen LogP contribution is -2.37. The number of unbranched alkanes of at least 4 members (excludes halogenated alkanes) is 21. The highest BCUT2D eigenvalue weighted by Crippen LogP contribution is 2.15. The topological polar surface area (TPSA) is 8.81 Å². The molecule has 1 rings (SSSR count). The Morgan fingerprint density at radius 1 is 0.486 bits per heavy atom. The van der Waals surface area contributed by atoms with Crippen molar-refractivity contribution < 1.29 is 4.57 Å². The summed E-state index contributed by atoms with van der Waals surface area (Å²) >= 11 is 0. The van der Waals surface area contributed by atoms with Gasteiger partial charge in [0.1, 0.15) is 12.4 Å². The van der Waals surface area contributed by atoms with E-state index in [4.69, 9.17) is 0 Å². The van der Waals surface area contributed by atoms with E-state index in [0.717, 1.165) is 0 Å². The molecule has 206 valence electrons. The van der Waals surface area contributed by atoms with Crippen molar-refractivity contribution in [3.63, 3.8) is 0 Å². The first-order chi connectivity index (χ1) is 17.3. The number of nitrogens with zero attached hydrogens (tertiary/aromatic N) is 2. The highest BCUT2D eigenvalue weighted by Gasteiger charge is 2.16. The summed E-state index contributed by atoms with van der Waals surface area (Å²) in [4.78, 5) is 0. The molecule has 1 aromatic rings. The van der Waals surface area contributed by atoms with E-state index in [-0.39, 0.29) is 0 Å². The molecule has 2 nitrogen and oxygen atoms in total. The zero-order valence-corrected chi connectivity index (χ0v) is 24.6. The van der Waals surface area contributed by atoms with Gasteiger partial charge in [-0.1, -0.05) is 143 Å². The van der Waals surface area contributed by atoms with E-state index in [2.05, 4.69) is 42.3 Å². The molecule has 0 atom stereocenters. The molecule has 0 aliphatic rings. The first kappa shape index (κ1) is 32.2. The van der Waals surface area contributed by atoms with E-state index in [1.807, 2.05) is 0 Å². The van der Waals surface area contributed by atoms with E-state index in [1.54, 1.807) is 5.82 Å². The summed E-state index contributed by atoms with van der Waals surface area (Å²) in [7, 11) is 0. The van der Waals surface area contributed by atoms with Crippen molar-refractivity contribution in [1.82, 2.24) is 4.57 Å². The summed E-state index contributed by atoms with van der Waals surface area (Å²) in [6, 6.07) is 0. The Hall–Kier alpha value is -0.790. The molecular weight excluding hydrogens is 424 g/mol. The molecule has 2 heteroatoms. The van der Waals surface area contributed by atoms with Gasteiger partial charge in [-0.15, -0.1) is 0 Å². The second-order valence-corrected chi connectivity index (χ2v) is 11.3. The number of rotatable bonds is 27. The van der Waals surface area contributed by atoms with Gasteiger partial charge in [-0.05, 0) is 32.1 Å². The van der Waals surface area contributed by atoms with Gasteiger partial charge in [0.15, 0.2) is 0 Å². The summed E-state index contributed by atoms with van der Waals surface area (Å²) in [5.74, 6) is 1.60. The Balaban J connectivity index is 2.12. The number of aryl methyl sites for hydroxylation is 2. The Morgan fingerprint density at radius 3 is 1.37 bits per heavy atom. The summed E-state index contributed by atoms with van der Waals surface area (Å²) in [6.45, 7) is 9.36. The molecule has 0 amide bonds. The van der Waals surface area contributed by atoms with E-state index < -0.39 is 0 Å². The van der Waals surface area contributed by atoms with Crippen molar-refractivity contribution >= 4 is 0 Å². The van der Waals surface area contributed by atoms with Crippen molar-refractivity contribution in [2.45, 2.75) is 194 Å². The molecule has 0 aliphatic carbocycles. The molecule has 0 fully saturated rings. The van der Waals surface area contributed by atoms with E-state index in [9.17, 15) is 0 Å². The van der Waals surface area contributed by atoms with E-state index in [1.165, 1.54) is 174 Å². The standard InChI is InChI=1S/C33H65N2/c1-4-7-10-13-14-15-16-17-18-19-20-21-22-23-24-25-28-33-34(29-26-11-8-5-2)31-32-35(33)30-27-12-9-6-3/h31-32H,4-30H2,1-3H3/q+1. The molecule has 1 aromatic heterocycles. The van der Waals surface area contributed by atoms with Crippen LogP contribution in [0.4, 0.5) is 0 Å². The molecule has 35 heavy (non-hydrogen) atoms. The van der Waals surface area contributed by atoms with Gasteiger partial charge in [-0.2, -0.15) is 0 Å². The van der Waals surface area contributed by atoms with E-state index >= 15 is 0 Å². The van der Waals surface area contributed by atoms with Crippen molar-refractivity contribution in [3.05, 3.63) is 18.2 Å². The minimum absolute atomic E-state index is 1.22. The van der Waals surface area contributed by atoms with Crippen LogP contribution in [-0.4, -0.2) is 4.57 Å². The van der Waals surface area contributed by atoms with Crippen LogP contribution in [0.3, 0.4) is 0 Å². The lowest BCUT2D eigenvalue weighted by Gasteiger charge is -2.07. The number of hydrogen-bond acceptors (Lipinski definition) is 0. The highest BCUT2D eigenvalue weighted by molar-refractivity contribution is 4.84. The van der Waals surface area contributed by atoms with Gasteiger partial charge in [0, 0.05) is 6.42 Å². The SMILES string of the molecule is CCCCCCCCCCCCCCCCCCc1n(CCCCCC)cc[n+]1CCCCCC. The fraction of sp³-hybridized carbons (Fsp3) is 0.909. The largest absolute Gasteiger partial charge is 0.256 e. The van der Waals surface area contributed by atoms with Crippen molar-refractivity contribution in [1.29, 1.82) is 0 Å². The van der Waals surface area contributed by atoms with Crippen LogP contribution in [0.2, 0.25) is 0 Å². The summed E-state index contributed by atoms with van der Waals surface area (Å²) < 4.78 is 5.17. The predicted octanol–water partition coefficient (Wildman–Crippen LogP) is 10.7. The average Bonchev–Trinajstić information content (AvgIpc) is 3.25. The van der Waals surface area contributed by atoms with Crippen LogP contribution >= 0.6 is 0 Å². The van der Waals surface area contributed by atoms with Crippen LogP contribution in [0.15, 0.2) is 12.4 Å². The van der Waals surface area contributed by atoms with Crippen LogP contribution < -0.4 is 4.57 Å². The smallest absolute Gasteiger partial charge is 0.234 e. The third-order valence-corrected chi connectivity index (χ3v) is 7.85. The Morgan fingerprint density at radius 2 is 0.886 bits per heavy atom. The predicted molar refractivity (Wildman–Crippen MR) is 156 cm³/mol. The molecule has 0 unspecified atom stereocenters. The van der Waals surface area contributed by atoms with Crippen LogP contribution in [0, 0.1) is 0 Å². The van der Waals surface area contributed by atoms with Gasteiger partial charge in [-0.3, -0.25) is 0 Å². The molecule has 0 bridgehead atoms. The first-order valence-electron chi connectivity index (χ1n) is 16.4. The second kappa shape index (κ2) is 24.9. The molecule has 0 saturated carbocycles. The number of hydrogen-bond donors (Lipinski definition) is 0. The molecule has 0 radical (unpaired) electrons. The molecule has 0 N–H and O–H groups in total. The molecule has 0 aromatic carbocycles. The van der Waals surface area contributed by atoms with Crippen molar-refractivity contribution in [3.8, 4) is 0 Å². The zero-order chi connectivity index (χ0) is 25.2. The van der Waals surface area contributed by atoms with Gasteiger partial charge < -0.3 is 0 Å². The molecule has 1 heterocycles. The number of imidazole rings is 1. The van der Waals surface area contributed by atoms with Gasteiger partial charge in [-0.25, -0.2) is 9.13 Å². The molecule has 0 saturated heterocycles. The molecular formula is C33H65N2+. The Bertz CT molecular complexity index is 518. The van der Waals surface area contributed by atoms with Crippen LogP contribution in [-0.2, 0) is 19.5 Å². The maximum Gasteiger partial charge on any atom is 0.256 e. The zero-order valence-electron chi connectivity index (χ0n) is 24.6. The third-order valence-electron chi connectivity index (χ3n) is 7.85. The highest BCUT2D eigenvalue weighted by atomic mass is 15.1. The van der Waals surface area contributed by atoms with Gasteiger partial charge >= 0.3 is 0 Å². The maximum atomic E-state index is 2.58. The summed E-state index contributed by atoms with van der Waals surface area (Å²) in [5, 5.41) is 0. The van der Waals surface area contributed by atoms with Gasteiger partial charge in [0.2, 0.25) is 0 Å². The fourth-order valence-electron chi connectivity index (χ4n) is 5.44. The van der Waals surface area contributed by atoms with Crippen LogP contribution in [0.25, 0.3) is 0 Å². The normalized spacial score (nSPS) is 11.5. The average molecular weight is 490 g/mol. The quantitative estimate of drug-likeness (QED) is 0.0858. The number of aromatic nitrogens is 2. The Labute approximate surface area is 221 Å². The first-order valence-corrected chi connectivity index (χ1v) is 16.4. The van der Waals surface area contributed by atoms with E-state index in [0.29, 0.717) is 0 Å². The fourth-order valence-corrected chi connectivity index (χ4v) is 5.44. The minimum Gasteiger partial charge on any atom is -0.234 e. The van der Waals surface area contributed by atoms with Crippen molar-refractivity contribution in [2.24, 2.45) is 0 Å². The monoisotopic (exact) mass is 490 g/mol. The van der Waals surface area contributed by atoms with Crippen molar-refractivity contribution in [2.75, 3.05) is 0 Å². The molecule has 0 aliphatic heterocycles. The van der Waals surface area contributed by atoms with Gasteiger partial charge in [0.25, 0.3) is 5.82 Å². The third kappa shape index (κ3) is 18.2. The molecule has 0 spiro atoms. The summed E-state index contributed by atoms with van der Waals surface area (Å²) in [5.41, 5.74) is 0. The lowest BCUT2D eigenvalue weighted by molar-refractivity contribution is -0.704. The van der Waals surface area contributed by atoms with Gasteiger partial charge in [0.05, 0.1) is 13.1 Å². The summed E-state index contributed by atoms with van der Waals surface area (Å²) in [6.07, 6.45) is 40.0. The van der Waals surface area contributed by atoms with Crippen LogP contribution in [0.1, 0.15) is 181 Å². The maximum absolute atomic E-state index is 2.58. The van der Waals surface area contributed by atoms with Crippen LogP contribution in [0.5, 0.6) is 0 Å². The second-order valence-electron chi connectivity index (χ2n) is 11.3. The Kier molecular flexibility index (Phi) is 22.9.